The molecule has 116 valence electrons. The van der Waals surface area contributed by atoms with Crippen molar-refractivity contribution in [3.05, 3.63) is 22.2 Å². The molecule has 1 fully saturated rings. The number of amides is 1. The Kier molecular flexibility index (Phi) is 4.94. The van der Waals surface area contributed by atoms with E-state index in [1.165, 1.54) is 6.07 Å². The molecule has 2 heterocycles. The highest BCUT2D eigenvalue weighted by Gasteiger charge is 2.28. The van der Waals surface area contributed by atoms with E-state index in [2.05, 4.69) is 9.97 Å². The molecule has 0 aliphatic carbocycles. The molecule has 0 N–H and O–H groups in total. The molecule has 1 aromatic heterocycles. The minimum Gasteiger partial charge on any atom is -0.444 e. The number of hydrogen-bond donors (Lipinski definition) is 0. The normalized spacial score (nSPS) is 16.9. The summed E-state index contributed by atoms with van der Waals surface area (Å²) in [4.78, 5) is 22.2. The number of carbonyl (C=O) groups is 1. The van der Waals surface area contributed by atoms with Gasteiger partial charge in [0.1, 0.15) is 21.7 Å². The Bertz CT molecular complexity index is 503. The predicted octanol–water partition coefficient (Wildman–Crippen LogP) is 3.90. The van der Waals surface area contributed by atoms with Gasteiger partial charge in [-0.05, 0) is 33.6 Å². The predicted molar refractivity (Wildman–Crippen MR) is 81.8 cm³/mol. The van der Waals surface area contributed by atoms with Gasteiger partial charge in [0, 0.05) is 25.1 Å². The number of ether oxygens (including phenoxy) is 1. The van der Waals surface area contributed by atoms with E-state index in [1.807, 2.05) is 20.8 Å². The van der Waals surface area contributed by atoms with Crippen molar-refractivity contribution in [3.8, 4) is 0 Å². The molecule has 1 aliphatic heterocycles. The molecule has 2 rings (SSSR count). The second-order valence-corrected chi connectivity index (χ2v) is 6.89. The van der Waals surface area contributed by atoms with Gasteiger partial charge in [0.05, 0.1) is 0 Å². The lowest BCUT2D eigenvalue weighted by molar-refractivity contribution is 0.0203. The summed E-state index contributed by atoms with van der Waals surface area (Å²) in [6, 6.07) is 1.52. The maximum Gasteiger partial charge on any atom is 0.410 e. The molecule has 5 nitrogen and oxygen atoms in total. The van der Waals surface area contributed by atoms with Gasteiger partial charge in [0.25, 0.3) is 0 Å². The molecule has 0 aromatic carbocycles. The Morgan fingerprint density at radius 3 is 2.24 bits per heavy atom. The lowest BCUT2D eigenvalue weighted by atomic mass is 9.96. The molecule has 0 unspecified atom stereocenters. The van der Waals surface area contributed by atoms with Gasteiger partial charge < -0.3 is 9.64 Å². The van der Waals surface area contributed by atoms with Crippen LogP contribution in [-0.4, -0.2) is 39.7 Å². The fraction of sp³-hybridized carbons (Fsp3) is 0.643. The van der Waals surface area contributed by atoms with Crippen LogP contribution in [0.25, 0.3) is 0 Å². The zero-order chi connectivity index (χ0) is 15.6. The third-order valence-corrected chi connectivity index (χ3v) is 3.58. The van der Waals surface area contributed by atoms with Crippen molar-refractivity contribution in [2.45, 2.75) is 45.1 Å². The minimum absolute atomic E-state index is 0.167. The molecular weight excluding hydrogens is 313 g/mol. The summed E-state index contributed by atoms with van der Waals surface area (Å²) in [5.41, 5.74) is -0.475. The van der Waals surface area contributed by atoms with Crippen LogP contribution in [0.15, 0.2) is 6.07 Å². The van der Waals surface area contributed by atoms with Crippen LogP contribution in [-0.2, 0) is 4.74 Å². The molecule has 1 aliphatic rings. The Morgan fingerprint density at radius 1 is 1.24 bits per heavy atom. The van der Waals surface area contributed by atoms with E-state index in [0.717, 1.165) is 12.8 Å². The second-order valence-electron chi connectivity index (χ2n) is 6.11. The molecule has 7 heteroatoms. The topological polar surface area (TPSA) is 55.3 Å². The van der Waals surface area contributed by atoms with Gasteiger partial charge in [0.2, 0.25) is 0 Å². The Hall–Kier alpha value is -1.07. The maximum absolute atomic E-state index is 12.0. The summed E-state index contributed by atoms with van der Waals surface area (Å²) in [5.74, 6) is 0.816. The quantitative estimate of drug-likeness (QED) is 0.732. The van der Waals surface area contributed by atoms with E-state index < -0.39 is 5.60 Å². The summed E-state index contributed by atoms with van der Waals surface area (Å²) < 4.78 is 5.37. The zero-order valence-electron chi connectivity index (χ0n) is 12.4. The molecule has 0 bridgehead atoms. The van der Waals surface area contributed by atoms with Crippen LogP contribution in [0.2, 0.25) is 10.3 Å². The Balaban J connectivity index is 1.95. The van der Waals surface area contributed by atoms with Crippen LogP contribution in [0.5, 0.6) is 0 Å². The van der Waals surface area contributed by atoms with Gasteiger partial charge in [-0.15, -0.1) is 0 Å². The smallest absolute Gasteiger partial charge is 0.410 e. The number of nitrogens with zero attached hydrogens (tertiary/aromatic N) is 3. The van der Waals surface area contributed by atoms with Gasteiger partial charge in [-0.2, -0.15) is 0 Å². The van der Waals surface area contributed by atoms with Crippen LogP contribution < -0.4 is 0 Å². The molecule has 1 amide bonds. The van der Waals surface area contributed by atoms with E-state index in [1.54, 1.807) is 4.90 Å². The number of aromatic nitrogens is 2. The fourth-order valence-corrected chi connectivity index (χ4v) is 2.67. The van der Waals surface area contributed by atoms with E-state index in [9.17, 15) is 4.79 Å². The molecular formula is C14H19Cl2N3O2. The van der Waals surface area contributed by atoms with Crippen LogP contribution in [0.1, 0.15) is 45.4 Å². The van der Waals surface area contributed by atoms with Crippen molar-refractivity contribution in [2.24, 2.45) is 0 Å². The monoisotopic (exact) mass is 331 g/mol. The third-order valence-electron chi connectivity index (χ3n) is 3.19. The number of rotatable bonds is 1. The van der Waals surface area contributed by atoms with Crippen molar-refractivity contribution in [2.75, 3.05) is 13.1 Å². The number of halogens is 2. The molecule has 0 atom stereocenters. The average Bonchev–Trinajstić information content (AvgIpc) is 2.35. The molecule has 1 aromatic rings. The first-order chi connectivity index (χ1) is 9.74. The summed E-state index contributed by atoms with van der Waals surface area (Å²) in [7, 11) is 0. The lowest BCUT2D eigenvalue weighted by Crippen LogP contribution is -2.41. The molecule has 0 radical (unpaired) electrons. The van der Waals surface area contributed by atoms with Gasteiger partial charge in [-0.3, -0.25) is 0 Å². The van der Waals surface area contributed by atoms with Gasteiger partial charge in [-0.25, -0.2) is 14.8 Å². The Labute approximate surface area is 134 Å². The van der Waals surface area contributed by atoms with Crippen LogP contribution in [0, 0.1) is 0 Å². The van der Waals surface area contributed by atoms with Gasteiger partial charge >= 0.3 is 6.09 Å². The van der Waals surface area contributed by atoms with Crippen LogP contribution >= 0.6 is 23.2 Å². The average molecular weight is 332 g/mol. The SMILES string of the molecule is CC(C)(C)OC(=O)N1CCC(c2nc(Cl)cc(Cl)n2)CC1. The van der Waals surface area contributed by atoms with E-state index in [4.69, 9.17) is 27.9 Å². The highest BCUT2D eigenvalue weighted by Crippen LogP contribution is 2.28. The van der Waals surface area contributed by atoms with Crippen molar-refractivity contribution in [3.63, 3.8) is 0 Å². The summed E-state index contributed by atoms with van der Waals surface area (Å²) in [6.45, 7) is 6.82. The highest BCUT2D eigenvalue weighted by atomic mass is 35.5. The van der Waals surface area contributed by atoms with Gasteiger partial charge in [0.15, 0.2) is 0 Å². The minimum atomic E-state index is -0.475. The number of hydrogen-bond acceptors (Lipinski definition) is 4. The van der Waals surface area contributed by atoms with Crippen molar-refractivity contribution < 1.29 is 9.53 Å². The number of likely N-dealkylation sites (tertiary alicyclic amines) is 1. The fourth-order valence-electron chi connectivity index (χ4n) is 2.24. The third kappa shape index (κ3) is 4.71. The number of piperidine rings is 1. The van der Waals surface area contributed by atoms with E-state index in [0.29, 0.717) is 29.2 Å². The van der Waals surface area contributed by atoms with Gasteiger partial charge in [-0.1, -0.05) is 23.2 Å². The summed E-state index contributed by atoms with van der Waals surface area (Å²) in [5, 5.41) is 0.694. The first-order valence-electron chi connectivity index (χ1n) is 6.92. The molecule has 0 saturated carbocycles. The zero-order valence-corrected chi connectivity index (χ0v) is 13.9. The second kappa shape index (κ2) is 6.36. The van der Waals surface area contributed by atoms with Crippen molar-refractivity contribution in [1.29, 1.82) is 0 Å². The lowest BCUT2D eigenvalue weighted by Gasteiger charge is -2.32. The molecule has 21 heavy (non-hydrogen) atoms. The standard InChI is InChI=1S/C14H19Cl2N3O2/c1-14(2,3)21-13(20)19-6-4-9(5-7-19)12-17-10(15)8-11(16)18-12/h8-9H,4-7H2,1-3H3. The summed E-state index contributed by atoms with van der Waals surface area (Å²) >= 11 is 11.8. The molecule has 1 saturated heterocycles. The first-order valence-corrected chi connectivity index (χ1v) is 7.68. The first kappa shape index (κ1) is 16.3. The largest absolute Gasteiger partial charge is 0.444 e. The Morgan fingerprint density at radius 2 is 1.76 bits per heavy atom. The van der Waals surface area contributed by atoms with Crippen LogP contribution in [0.4, 0.5) is 4.79 Å². The van der Waals surface area contributed by atoms with Crippen molar-refractivity contribution >= 4 is 29.3 Å². The van der Waals surface area contributed by atoms with E-state index in [-0.39, 0.29) is 12.0 Å². The van der Waals surface area contributed by atoms with Crippen LogP contribution in [0.3, 0.4) is 0 Å². The highest BCUT2D eigenvalue weighted by molar-refractivity contribution is 6.33. The van der Waals surface area contributed by atoms with Crippen molar-refractivity contribution in [1.82, 2.24) is 14.9 Å². The maximum atomic E-state index is 12.0. The molecule has 0 spiro atoms. The van der Waals surface area contributed by atoms with E-state index >= 15 is 0 Å². The number of carbonyl (C=O) groups excluding carboxylic acids is 1. The summed E-state index contributed by atoms with van der Waals surface area (Å²) in [6.07, 6.45) is 1.28.